The van der Waals surface area contributed by atoms with Crippen molar-refractivity contribution in [3.05, 3.63) is 89.0 Å². The van der Waals surface area contributed by atoms with Gasteiger partial charge in [-0.05, 0) is 66.3 Å². The molecule has 1 saturated carbocycles. The molecule has 1 heterocycles. The molecule has 4 heteroatoms. The Morgan fingerprint density at radius 3 is 2.12 bits per heavy atom. The number of fused-ring (bicyclic) bond motifs is 2. The van der Waals surface area contributed by atoms with Gasteiger partial charge in [-0.2, -0.15) is 0 Å². The number of nitrogens with one attached hydrogen (secondary N) is 1. The van der Waals surface area contributed by atoms with Crippen molar-refractivity contribution in [3.63, 3.8) is 0 Å². The van der Waals surface area contributed by atoms with Gasteiger partial charge in [0.05, 0.1) is 0 Å². The van der Waals surface area contributed by atoms with Gasteiger partial charge in [0.25, 0.3) is 0 Å². The lowest BCUT2D eigenvalue weighted by Gasteiger charge is -2.28. The van der Waals surface area contributed by atoms with Crippen molar-refractivity contribution < 1.29 is 14.3 Å². The SMILES string of the molecule is CC(C)(C)c1ccc(CCCCC(=O)CCC2CCCCCC2)cc1NC(=O)CC1c2ccccc2Oc2ccccc21. The minimum atomic E-state index is -0.108. The number of unbranched alkanes of at least 4 members (excludes halogenated alkanes) is 1. The van der Waals surface area contributed by atoms with Crippen molar-refractivity contribution in [2.24, 2.45) is 5.92 Å². The fourth-order valence-electron chi connectivity index (χ4n) is 6.91. The number of anilines is 1. The van der Waals surface area contributed by atoms with E-state index >= 15 is 0 Å². The predicted octanol–water partition coefficient (Wildman–Crippen LogP) is 10.3. The van der Waals surface area contributed by atoms with Crippen LogP contribution in [0.3, 0.4) is 0 Å². The van der Waals surface area contributed by atoms with Crippen LogP contribution in [0, 0.1) is 5.92 Å². The highest BCUT2D eigenvalue weighted by atomic mass is 16.5. The normalized spacial score (nSPS) is 15.6. The molecule has 1 aliphatic carbocycles. The first-order valence-electron chi connectivity index (χ1n) is 16.6. The third-order valence-corrected chi connectivity index (χ3v) is 9.34. The van der Waals surface area contributed by atoms with Crippen molar-refractivity contribution in [2.45, 2.75) is 116 Å². The van der Waals surface area contributed by atoms with Gasteiger partial charge in [-0.15, -0.1) is 0 Å². The fraction of sp³-hybridized carbons (Fsp3) is 0.487. The first-order chi connectivity index (χ1) is 20.8. The van der Waals surface area contributed by atoms with Gasteiger partial charge in [0, 0.05) is 42.0 Å². The predicted molar refractivity (Wildman–Crippen MR) is 176 cm³/mol. The zero-order valence-electron chi connectivity index (χ0n) is 26.4. The number of benzene rings is 3. The minimum Gasteiger partial charge on any atom is -0.457 e. The van der Waals surface area contributed by atoms with E-state index in [1.54, 1.807) is 0 Å². The lowest BCUT2D eigenvalue weighted by molar-refractivity contribution is -0.119. The highest BCUT2D eigenvalue weighted by Gasteiger charge is 2.29. The van der Waals surface area contributed by atoms with Crippen LogP contribution in [0.1, 0.15) is 126 Å². The molecule has 1 aliphatic heterocycles. The van der Waals surface area contributed by atoms with Gasteiger partial charge in [-0.1, -0.05) is 108 Å². The van der Waals surface area contributed by atoms with E-state index in [0.717, 1.165) is 71.9 Å². The summed E-state index contributed by atoms with van der Waals surface area (Å²) in [4.78, 5) is 26.2. The Morgan fingerprint density at radius 1 is 0.814 bits per heavy atom. The van der Waals surface area contributed by atoms with Crippen molar-refractivity contribution >= 4 is 17.4 Å². The molecule has 3 aromatic rings. The molecule has 1 N–H and O–H groups in total. The topological polar surface area (TPSA) is 55.4 Å². The maximum Gasteiger partial charge on any atom is 0.225 e. The van der Waals surface area contributed by atoms with Gasteiger partial charge in [-0.25, -0.2) is 0 Å². The summed E-state index contributed by atoms with van der Waals surface area (Å²) in [6.45, 7) is 6.55. The molecular formula is C39H49NO3. The average molecular weight is 580 g/mol. The van der Waals surface area contributed by atoms with E-state index < -0.39 is 0 Å². The zero-order chi connectivity index (χ0) is 30.2. The number of carbonyl (C=O) groups excluding carboxylic acids is 2. The summed E-state index contributed by atoms with van der Waals surface area (Å²) in [5, 5.41) is 3.29. The molecule has 228 valence electrons. The number of Topliss-reactive ketones (excluding diaryl/α,β-unsaturated/α-hetero) is 1. The highest BCUT2D eigenvalue weighted by Crippen LogP contribution is 2.45. The number of rotatable bonds is 11. The van der Waals surface area contributed by atoms with Crippen LogP contribution in [-0.2, 0) is 21.4 Å². The van der Waals surface area contributed by atoms with Crippen molar-refractivity contribution in [1.29, 1.82) is 0 Å². The molecule has 1 amide bonds. The second-order valence-electron chi connectivity index (χ2n) is 13.8. The van der Waals surface area contributed by atoms with Crippen LogP contribution in [0.2, 0.25) is 0 Å². The molecule has 2 aliphatic rings. The fourth-order valence-corrected chi connectivity index (χ4v) is 6.91. The molecular weight excluding hydrogens is 530 g/mol. The number of hydrogen-bond acceptors (Lipinski definition) is 3. The molecule has 0 aromatic heterocycles. The summed E-state index contributed by atoms with van der Waals surface area (Å²) in [6.07, 6.45) is 13.7. The standard InChI is InChI=1S/C39H49NO3/c1-39(2,3)34-25-23-29(16-8-9-17-30(41)24-22-28-14-6-4-5-7-15-28)26-35(34)40-38(42)27-33-31-18-10-12-20-36(31)43-37-21-13-11-19-32(33)37/h10-13,18-21,23,25-26,28,33H,4-9,14-17,22,24,27H2,1-3H3,(H,40,42). The number of para-hydroxylation sites is 2. The molecule has 4 nitrogen and oxygen atoms in total. The smallest absolute Gasteiger partial charge is 0.225 e. The van der Waals surface area contributed by atoms with E-state index in [1.807, 2.05) is 36.4 Å². The van der Waals surface area contributed by atoms with E-state index in [9.17, 15) is 9.59 Å². The number of amides is 1. The Balaban J connectivity index is 1.19. The van der Waals surface area contributed by atoms with E-state index in [1.165, 1.54) is 44.1 Å². The van der Waals surface area contributed by atoms with Crippen LogP contribution >= 0.6 is 0 Å². The van der Waals surface area contributed by atoms with Crippen molar-refractivity contribution in [1.82, 2.24) is 0 Å². The maximum atomic E-state index is 13.6. The van der Waals surface area contributed by atoms with Gasteiger partial charge < -0.3 is 10.1 Å². The van der Waals surface area contributed by atoms with Crippen LogP contribution in [0.4, 0.5) is 5.69 Å². The second kappa shape index (κ2) is 14.4. The summed E-state index contributed by atoms with van der Waals surface area (Å²) < 4.78 is 6.14. The summed E-state index contributed by atoms with van der Waals surface area (Å²) in [6, 6.07) is 22.5. The molecule has 0 atom stereocenters. The summed E-state index contributed by atoms with van der Waals surface area (Å²) >= 11 is 0. The first kappa shape index (κ1) is 31.0. The average Bonchev–Trinajstić information content (AvgIpc) is 3.27. The highest BCUT2D eigenvalue weighted by molar-refractivity contribution is 5.93. The Morgan fingerprint density at radius 2 is 1.47 bits per heavy atom. The lowest BCUT2D eigenvalue weighted by atomic mass is 9.84. The van der Waals surface area contributed by atoms with E-state index in [2.05, 4.69) is 56.4 Å². The van der Waals surface area contributed by atoms with Gasteiger partial charge in [0.15, 0.2) is 0 Å². The molecule has 1 fully saturated rings. The van der Waals surface area contributed by atoms with Crippen molar-refractivity contribution in [2.75, 3.05) is 5.32 Å². The molecule has 3 aromatic carbocycles. The molecule has 5 rings (SSSR count). The van der Waals surface area contributed by atoms with Gasteiger partial charge >= 0.3 is 0 Å². The molecule has 0 bridgehead atoms. The van der Waals surface area contributed by atoms with Gasteiger partial charge in [0.1, 0.15) is 17.3 Å². The summed E-state index contributed by atoms with van der Waals surface area (Å²) in [5.74, 6) is 2.76. The third kappa shape index (κ3) is 8.37. The lowest BCUT2D eigenvalue weighted by Crippen LogP contribution is -2.22. The number of aryl methyl sites for hydroxylation is 1. The number of carbonyl (C=O) groups is 2. The van der Waals surface area contributed by atoms with Crippen molar-refractivity contribution in [3.8, 4) is 11.5 Å². The molecule has 0 saturated heterocycles. The van der Waals surface area contributed by atoms with Crippen LogP contribution in [0.25, 0.3) is 0 Å². The molecule has 0 radical (unpaired) electrons. The van der Waals surface area contributed by atoms with Crippen LogP contribution < -0.4 is 10.1 Å². The zero-order valence-corrected chi connectivity index (χ0v) is 26.4. The summed E-state index contributed by atoms with van der Waals surface area (Å²) in [7, 11) is 0. The maximum absolute atomic E-state index is 13.6. The van der Waals surface area contributed by atoms with Gasteiger partial charge in [0.2, 0.25) is 5.91 Å². The molecule has 0 unspecified atom stereocenters. The third-order valence-electron chi connectivity index (χ3n) is 9.34. The Bertz CT molecular complexity index is 1350. The van der Waals surface area contributed by atoms with Crippen LogP contribution in [-0.4, -0.2) is 11.7 Å². The Hall–Kier alpha value is -3.40. The molecule has 0 spiro atoms. The quantitative estimate of drug-likeness (QED) is 0.182. The van der Waals surface area contributed by atoms with E-state index in [0.29, 0.717) is 18.6 Å². The number of ether oxygens (including phenoxy) is 1. The van der Waals surface area contributed by atoms with Crippen LogP contribution in [0.5, 0.6) is 11.5 Å². The second-order valence-corrected chi connectivity index (χ2v) is 13.8. The van der Waals surface area contributed by atoms with Gasteiger partial charge in [-0.3, -0.25) is 9.59 Å². The number of hydrogen-bond donors (Lipinski definition) is 1. The van der Waals surface area contributed by atoms with E-state index in [-0.39, 0.29) is 17.2 Å². The molecule has 43 heavy (non-hydrogen) atoms. The van der Waals surface area contributed by atoms with E-state index in [4.69, 9.17) is 4.74 Å². The number of ketones is 1. The minimum absolute atomic E-state index is 0.00146. The monoisotopic (exact) mass is 579 g/mol. The summed E-state index contributed by atoms with van der Waals surface area (Å²) in [5.41, 5.74) is 5.21. The first-order valence-corrected chi connectivity index (χ1v) is 16.6. The van der Waals surface area contributed by atoms with Crippen LogP contribution in [0.15, 0.2) is 66.7 Å². The largest absolute Gasteiger partial charge is 0.457 e. The Kier molecular flexibility index (Phi) is 10.4. The Labute approximate surface area is 258 Å².